The van der Waals surface area contributed by atoms with Gasteiger partial charge in [0, 0.05) is 12.7 Å². The Labute approximate surface area is 107 Å². The zero-order valence-electron chi connectivity index (χ0n) is 9.34. The summed E-state index contributed by atoms with van der Waals surface area (Å²) in [7, 11) is 0. The van der Waals surface area contributed by atoms with Gasteiger partial charge in [-0.25, -0.2) is 4.39 Å². The summed E-state index contributed by atoms with van der Waals surface area (Å²) >= 11 is 1.47. The van der Waals surface area contributed by atoms with E-state index in [9.17, 15) is 14.3 Å². The molecule has 2 rings (SSSR count). The number of carbonyl (C=O) groups excluding carboxylic acids is 1. The van der Waals surface area contributed by atoms with Gasteiger partial charge in [-0.1, -0.05) is 0 Å². The second-order valence-corrected chi connectivity index (χ2v) is 4.45. The minimum Gasteiger partial charge on any atom is -0.387 e. The number of carbonyl (C=O) groups is 1. The van der Waals surface area contributed by atoms with E-state index in [0.717, 1.165) is 17.8 Å². The molecule has 0 radical (unpaired) electrons. The largest absolute Gasteiger partial charge is 0.387 e. The van der Waals surface area contributed by atoms with Gasteiger partial charge < -0.3 is 10.4 Å². The number of aromatic nitrogens is 1. The van der Waals surface area contributed by atoms with Gasteiger partial charge in [0.05, 0.1) is 17.9 Å². The highest BCUT2D eigenvalue weighted by molar-refractivity contribution is 7.07. The van der Waals surface area contributed by atoms with Gasteiger partial charge in [0.25, 0.3) is 5.91 Å². The lowest BCUT2D eigenvalue weighted by atomic mass is 10.2. The number of amides is 1. The van der Waals surface area contributed by atoms with Crippen molar-refractivity contribution in [1.29, 1.82) is 0 Å². The van der Waals surface area contributed by atoms with Crippen molar-refractivity contribution < 1.29 is 14.3 Å². The monoisotopic (exact) mass is 266 g/mol. The molecule has 6 heteroatoms. The normalized spacial score (nSPS) is 12.1. The Morgan fingerprint density at radius 1 is 1.56 bits per heavy atom. The molecule has 2 N–H and O–H groups in total. The van der Waals surface area contributed by atoms with Crippen molar-refractivity contribution in [3.63, 3.8) is 0 Å². The van der Waals surface area contributed by atoms with E-state index in [-0.39, 0.29) is 12.1 Å². The van der Waals surface area contributed by atoms with E-state index in [4.69, 9.17) is 0 Å². The molecule has 18 heavy (non-hydrogen) atoms. The van der Waals surface area contributed by atoms with Gasteiger partial charge in [0.2, 0.25) is 0 Å². The number of halogens is 1. The molecule has 0 aliphatic rings. The Morgan fingerprint density at radius 3 is 3.06 bits per heavy atom. The molecule has 0 aliphatic heterocycles. The van der Waals surface area contributed by atoms with Crippen molar-refractivity contribution in [2.24, 2.45) is 0 Å². The van der Waals surface area contributed by atoms with E-state index in [1.165, 1.54) is 17.5 Å². The Bertz CT molecular complexity index is 531. The SMILES string of the molecule is O=C(NCC(O)c1ccsc1)c1cncc(F)c1. The van der Waals surface area contributed by atoms with E-state index < -0.39 is 17.8 Å². The number of nitrogens with zero attached hydrogens (tertiary/aromatic N) is 1. The summed E-state index contributed by atoms with van der Waals surface area (Å²) in [5.41, 5.74) is 0.880. The van der Waals surface area contributed by atoms with Crippen molar-refractivity contribution >= 4 is 17.2 Å². The highest BCUT2D eigenvalue weighted by Crippen LogP contribution is 2.15. The number of aliphatic hydroxyl groups is 1. The molecule has 1 amide bonds. The molecule has 0 bridgehead atoms. The molecular formula is C12H11FN2O2S. The summed E-state index contributed by atoms with van der Waals surface area (Å²) in [6.45, 7) is 0.0755. The predicted octanol–water partition coefficient (Wildman–Crippen LogP) is 1.75. The molecule has 0 fully saturated rings. The summed E-state index contributed by atoms with van der Waals surface area (Å²) in [5, 5.41) is 15.9. The Morgan fingerprint density at radius 2 is 2.39 bits per heavy atom. The van der Waals surface area contributed by atoms with Crippen LogP contribution in [0.15, 0.2) is 35.3 Å². The van der Waals surface area contributed by atoms with Crippen LogP contribution in [-0.2, 0) is 0 Å². The Balaban J connectivity index is 1.92. The summed E-state index contributed by atoms with van der Waals surface area (Å²) in [4.78, 5) is 15.2. The molecule has 2 aromatic heterocycles. The summed E-state index contributed by atoms with van der Waals surface area (Å²) < 4.78 is 12.9. The third-order valence-electron chi connectivity index (χ3n) is 2.35. The van der Waals surface area contributed by atoms with Gasteiger partial charge >= 0.3 is 0 Å². The van der Waals surface area contributed by atoms with E-state index in [2.05, 4.69) is 10.3 Å². The molecule has 1 unspecified atom stereocenters. The molecule has 1 atom stereocenters. The van der Waals surface area contributed by atoms with Crippen LogP contribution in [-0.4, -0.2) is 22.5 Å². The van der Waals surface area contributed by atoms with Gasteiger partial charge in [-0.2, -0.15) is 11.3 Å². The van der Waals surface area contributed by atoms with Crippen LogP contribution in [0.3, 0.4) is 0 Å². The first-order valence-corrected chi connectivity index (χ1v) is 6.20. The number of pyridine rings is 1. The van der Waals surface area contributed by atoms with Crippen molar-refractivity contribution in [3.8, 4) is 0 Å². The third kappa shape index (κ3) is 3.12. The van der Waals surface area contributed by atoms with Crippen LogP contribution in [0.1, 0.15) is 22.0 Å². The van der Waals surface area contributed by atoms with E-state index in [0.29, 0.717) is 0 Å². The van der Waals surface area contributed by atoms with Crippen molar-refractivity contribution in [2.45, 2.75) is 6.10 Å². The molecule has 0 aromatic carbocycles. The summed E-state index contributed by atoms with van der Waals surface area (Å²) in [6, 6.07) is 2.88. The fourth-order valence-electron chi connectivity index (χ4n) is 1.41. The maximum absolute atomic E-state index is 12.9. The molecule has 2 heterocycles. The lowest BCUT2D eigenvalue weighted by Gasteiger charge is -2.10. The molecule has 4 nitrogen and oxygen atoms in total. The zero-order valence-corrected chi connectivity index (χ0v) is 10.2. The van der Waals surface area contributed by atoms with Crippen LogP contribution in [0.5, 0.6) is 0 Å². The van der Waals surface area contributed by atoms with Crippen LogP contribution >= 0.6 is 11.3 Å². The number of hydrogen-bond donors (Lipinski definition) is 2. The first kappa shape index (κ1) is 12.7. The molecule has 0 saturated heterocycles. The average molecular weight is 266 g/mol. The first-order chi connectivity index (χ1) is 8.66. The number of aliphatic hydroxyl groups excluding tert-OH is 1. The second-order valence-electron chi connectivity index (χ2n) is 3.67. The smallest absolute Gasteiger partial charge is 0.253 e. The number of hydrogen-bond acceptors (Lipinski definition) is 4. The van der Waals surface area contributed by atoms with Crippen LogP contribution in [0.25, 0.3) is 0 Å². The van der Waals surface area contributed by atoms with Crippen molar-refractivity contribution in [3.05, 3.63) is 52.2 Å². The van der Waals surface area contributed by atoms with Crippen LogP contribution < -0.4 is 5.32 Å². The van der Waals surface area contributed by atoms with Gasteiger partial charge in [0.15, 0.2) is 0 Å². The number of thiophene rings is 1. The molecule has 0 spiro atoms. The minimum absolute atomic E-state index is 0.0755. The summed E-state index contributed by atoms with van der Waals surface area (Å²) in [6.07, 6.45) is 1.54. The Kier molecular flexibility index (Phi) is 4.01. The lowest BCUT2D eigenvalue weighted by molar-refractivity contribution is 0.0915. The minimum atomic E-state index is -0.762. The molecule has 94 valence electrons. The van der Waals surface area contributed by atoms with Crippen LogP contribution in [0.2, 0.25) is 0 Å². The fourth-order valence-corrected chi connectivity index (χ4v) is 2.12. The van der Waals surface area contributed by atoms with Crippen molar-refractivity contribution in [1.82, 2.24) is 10.3 Å². The topological polar surface area (TPSA) is 62.2 Å². The second kappa shape index (κ2) is 5.70. The van der Waals surface area contributed by atoms with Gasteiger partial charge in [0.1, 0.15) is 5.82 Å². The van der Waals surface area contributed by atoms with Crippen LogP contribution in [0, 0.1) is 5.82 Å². The van der Waals surface area contributed by atoms with E-state index in [1.54, 1.807) is 11.4 Å². The predicted molar refractivity (Wildman–Crippen MR) is 65.8 cm³/mol. The van der Waals surface area contributed by atoms with Gasteiger partial charge in [-0.05, 0) is 28.5 Å². The maximum atomic E-state index is 12.9. The number of nitrogens with one attached hydrogen (secondary N) is 1. The van der Waals surface area contributed by atoms with Gasteiger partial charge in [-0.15, -0.1) is 0 Å². The quantitative estimate of drug-likeness (QED) is 0.886. The van der Waals surface area contributed by atoms with Gasteiger partial charge in [-0.3, -0.25) is 9.78 Å². The highest BCUT2D eigenvalue weighted by Gasteiger charge is 2.11. The first-order valence-electron chi connectivity index (χ1n) is 5.25. The Hall–Kier alpha value is -1.79. The standard InChI is InChI=1S/C12H11FN2O2S/c13-10-3-9(4-14-5-10)12(17)15-6-11(16)8-1-2-18-7-8/h1-5,7,11,16H,6H2,(H,15,17). The molecule has 0 saturated carbocycles. The van der Waals surface area contributed by atoms with Crippen molar-refractivity contribution in [2.75, 3.05) is 6.54 Å². The fraction of sp³-hybridized carbons (Fsp3) is 0.167. The molecular weight excluding hydrogens is 255 g/mol. The number of rotatable bonds is 4. The lowest BCUT2D eigenvalue weighted by Crippen LogP contribution is -2.28. The summed E-state index contributed by atoms with van der Waals surface area (Å²) in [5.74, 6) is -1.03. The molecule has 0 aliphatic carbocycles. The van der Waals surface area contributed by atoms with Crippen LogP contribution in [0.4, 0.5) is 4.39 Å². The molecule has 2 aromatic rings. The maximum Gasteiger partial charge on any atom is 0.253 e. The zero-order chi connectivity index (χ0) is 13.0. The highest BCUT2D eigenvalue weighted by atomic mass is 32.1. The third-order valence-corrected chi connectivity index (χ3v) is 3.05. The van der Waals surface area contributed by atoms with E-state index in [1.807, 2.05) is 5.38 Å². The average Bonchev–Trinajstić information content (AvgIpc) is 2.89. The van der Waals surface area contributed by atoms with E-state index >= 15 is 0 Å².